The molecule has 6 heteroatoms. The zero-order valence-electron chi connectivity index (χ0n) is 9.96. The molecule has 0 fully saturated rings. The fourth-order valence-corrected chi connectivity index (χ4v) is 1.66. The lowest BCUT2D eigenvalue weighted by Crippen LogP contribution is -2.02. The molecule has 2 rings (SSSR count). The molecular weight excluding hydrogens is 270 g/mol. The number of methoxy groups -OCH3 is 1. The first-order chi connectivity index (χ1) is 9.13. The van der Waals surface area contributed by atoms with Crippen molar-refractivity contribution in [1.82, 2.24) is 4.98 Å². The van der Waals surface area contributed by atoms with Gasteiger partial charge in [-0.3, -0.25) is 4.98 Å². The van der Waals surface area contributed by atoms with Crippen molar-refractivity contribution in [2.24, 2.45) is 0 Å². The number of hydrogen-bond acceptors (Lipinski definition) is 4. The van der Waals surface area contributed by atoms with Crippen molar-refractivity contribution in [2.45, 2.75) is 0 Å². The second kappa shape index (κ2) is 5.58. The first-order valence-corrected chi connectivity index (χ1v) is 5.69. The smallest absolute Gasteiger partial charge is 0.339 e. The van der Waals surface area contributed by atoms with Crippen LogP contribution in [0.25, 0.3) is 0 Å². The van der Waals surface area contributed by atoms with E-state index in [9.17, 15) is 4.79 Å². The summed E-state index contributed by atoms with van der Waals surface area (Å²) in [6, 6.07) is 6.15. The molecule has 0 saturated heterocycles. The quantitative estimate of drug-likeness (QED) is 0.930. The third kappa shape index (κ3) is 2.77. The Bertz CT molecular complexity index is 615. The zero-order valence-corrected chi connectivity index (χ0v) is 10.7. The molecule has 0 aliphatic carbocycles. The zero-order chi connectivity index (χ0) is 13.8. The van der Waals surface area contributed by atoms with E-state index in [1.165, 1.54) is 25.6 Å². The summed E-state index contributed by atoms with van der Waals surface area (Å²) in [7, 11) is 1.43. The SMILES string of the molecule is COc1cccc(C(=O)O)c1Oc1ccncc1Cl. The van der Waals surface area contributed by atoms with Crippen LogP contribution in [-0.4, -0.2) is 23.2 Å². The third-order valence-electron chi connectivity index (χ3n) is 2.38. The number of aromatic carboxylic acids is 1. The van der Waals surface area contributed by atoms with Gasteiger partial charge in [-0.05, 0) is 12.1 Å². The van der Waals surface area contributed by atoms with Crippen molar-refractivity contribution >= 4 is 17.6 Å². The van der Waals surface area contributed by atoms with Gasteiger partial charge < -0.3 is 14.6 Å². The van der Waals surface area contributed by atoms with Crippen molar-refractivity contribution in [2.75, 3.05) is 7.11 Å². The van der Waals surface area contributed by atoms with Crippen molar-refractivity contribution in [3.8, 4) is 17.2 Å². The lowest BCUT2D eigenvalue weighted by molar-refractivity contribution is 0.0693. The molecule has 0 unspecified atom stereocenters. The van der Waals surface area contributed by atoms with Crippen LogP contribution < -0.4 is 9.47 Å². The van der Waals surface area contributed by atoms with Gasteiger partial charge in [0.1, 0.15) is 16.3 Å². The topological polar surface area (TPSA) is 68.7 Å². The maximum absolute atomic E-state index is 11.2. The second-order valence-corrected chi connectivity index (χ2v) is 3.96. The summed E-state index contributed by atoms with van der Waals surface area (Å²) in [6.07, 6.45) is 2.91. The Morgan fingerprint density at radius 1 is 1.32 bits per heavy atom. The van der Waals surface area contributed by atoms with Crippen molar-refractivity contribution in [3.05, 3.63) is 47.2 Å². The van der Waals surface area contributed by atoms with Gasteiger partial charge in [0.2, 0.25) is 0 Å². The molecule has 1 heterocycles. The number of hydrogen-bond donors (Lipinski definition) is 1. The van der Waals surface area contributed by atoms with E-state index in [1.807, 2.05) is 0 Å². The highest BCUT2D eigenvalue weighted by molar-refractivity contribution is 6.31. The molecule has 0 saturated carbocycles. The Morgan fingerprint density at radius 2 is 2.11 bits per heavy atom. The molecule has 0 radical (unpaired) electrons. The first kappa shape index (κ1) is 13.2. The molecule has 0 aliphatic heterocycles. The fourth-order valence-electron chi connectivity index (χ4n) is 1.51. The Hall–Kier alpha value is -2.27. The number of ether oxygens (including phenoxy) is 2. The molecule has 0 atom stereocenters. The molecule has 1 aromatic heterocycles. The highest BCUT2D eigenvalue weighted by Crippen LogP contribution is 2.37. The maximum atomic E-state index is 11.2. The number of pyridine rings is 1. The van der Waals surface area contributed by atoms with Crippen LogP contribution in [0.1, 0.15) is 10.4 Å². The van der Waals surface area contributed by atoms with E-state index >= 15 is 0 Å². The Kier molecular flexibility index (Phi) is 3.87. The summed E-state index contributed by atoms with van der Waals surface area (Å²) in [5.74, 6) is -0.388. The van der Waals surface area contributed by atoms with Gasteiger partial charge >= 0.3 is 5.97 Å². The Labute approximate surface area is 114 Å². The number of nitrogens with zero attached hydrogens (tertiary/aromatic N) is 1. The van der Waals surface area contributed by atoms with Crippen LogP contribution in [-0.2, 0) is 0 Å². The van der Waals surface area contributed by atoms with Crippen LogP contribution in [0.2, 0.25) is 5.02 Å². The standard InChI is InChI=1S/C13H10ClNO4/c1-18-11-4-2-3-8(13(16)17)12(11)19-10-5-6-15-7-9(10)14/h2-7H,1H3,(H,16,17). The van der Waals surface area contributed by atoms with E-state index in [0.29, 0.717) is 11.5 Å². The average molecular weight is 280 g/mol. The van der Waals surface area contributed by atoms with Gasteiger partial charge in [-0.25, -0.2) is 4.79 Å². The van der Waals surface area contributed by atoms with E-state index in [0.717, 1.165) is 0 Å². The molecule has 0 aliphatic rings. The van der Waals surface area contributed by atoms with Crippen LogP contribution in [0, 0.1) is 0 Å². The number of aromatic nitrogens is 1. The molecule has 5 nitrogen and oxygen atoms in total. The Balaban J connectivity index is 2.49. The van der Waals surface area contributed by atoms with Gasteiger partial charge in [0.15, 0.2) is 11.5 Å². The summed E-state index contributed by atoms with van der Waals surface area (Å²) < 4.78 is 10.6. The molecular formula is C13H10ClNO4. The van der Waals surface area contributed by atoms with Gasteiger partial charge in [0.25, 0.3) is 0 Å². The lowest BCUT2D eigenvalue weighted by atomic mass is 10.2. The van der Waals surface area contributed by atoms with Gasteiger partial charge in [0, 0.05) is 18.5 Å². The Morgan fingerprint density at radius 3 is 2.74 bits per heavy atom. The summed E-state index contributed by atoms with van der Waals surface area (Å²) in [5.41, 5.74) is -0.00720. The van der Waals surface area contributed by atoms with Crippen LogP contribution in [0.15, 0.2) is 36.7 Å². The van der Waals surface area contributed by atoms with E-state index < -0.39 is 5.97 Å². The predicted octanol–water partition coefficient (Wildman–Crippen LogP) is 3.23. The fraction of sp³-hybridized carbons (Fsp3) is 0.0769. The lowest BCUT2D eigenvalue weighted by Gasteiger charge is -2.13. The van der Waals surface area contributed by atoms with E-state index in [2.05, 4.69) is 4.98 Å². The number of carbonyl (C=O) groups is 1. The minimum absolute atomic E-state index is 0.00720. The minimum Gasteiger partial charge on any atom is -0.493 e. The van der Waals surface area contributed by atoms with Gasteiger partial charge in [0.05, 0.1) is 7.11 Å². The van der Waals surface area contributed by atoms with Crippen molar-refractivity contribution in [1.29, 1.82) is 0 Å². The third-order valence-corrected chi connectivity index (χ3v) is 2.66. The van der Waals surface area contributed by atoms with E-state index in [-0.39, 0.29) is 16.3 Å². The molecule has 0 spiro atoms. The molecule has 0 bridgehead atoms. The highest BCUT2D eigenvalue weighted by atomic mass is 35.5. The summed E-state index contributed by atoms with van der Waals surface area (Å²) >= 11 is 5.93. The second-order valence-electron chi connectivity index (χ2n) is 3.55. The molecule has 98 valence electrons. The number of para-hydroxylation sites is 1. The normalized spacial score (nSPS) is 10.0. The highest BCUT2D eigenvalue weighted by Gasteiger charge is 2.17. The molecule has 19 heavy (non-hydrogen) atoms. The summed E-state index contributed by atoms with van der Waals surface area (Å²) in [4.78, 5) is 15.0. The van der Waals surface area contributed by atoms with Gasteiger partial charge in [-0.15, -0.1) is 0 Å². The minimum atomic E-state index is -1.11. The van der Waals surface area contributed by atoms with Crippen molar-refractivity contribution in [3.63, 3.8) is 0 Å². The van der Waals surface area contributed by atoms with E-state index in [4.69, 9.17) is 26.2 Å². The summed E-state index contributed by atoms with van der Waals surface area (Å²) in [5, 5.41) is 9.43. The number of rotatable bonds is 4. The molecule has 0 amide bonds. The van der Waals surface area contributed by atoms with Gasteiger partial charge in [-0.1, -0.05) is 17.7 Å². The number of halogens is 1. The molecule has 2 aromatic rings. The molecule has 1 N–H and O–H groups in total. The first-order valence-electron chi connectivity index (χ1n) is 5.31. The van der Waals surface area contributed by atoms with Crippen molar-refractivity contribution < 1.29 is 19.4 Å². The summed E-state index contributed by atoms with van der Waals surface area (Å²) in [6.45, 7) is 0. The average Bonchev–Trinajstić information content (AvgIpc) is 2.41. The van der Waals surface area contributed by atoms with Crippen LogP contribution >= 0.6 is 11.6 Å². The monoisotopic (exact) mass is 279 g/mol. The maximum Gasteiger partial charge on any atom is 0.339 e. The number of carboxylic acid groups (broad SMARTS) is 1. The van der Waals surface area contributed by atoms with Crippen LogP contribution in [0.5, 0.6) is 17.2 Å². The molecule has 1 aromatic carbocycles. The van der Waals surface area contributed by atoms with Gasteiger partial charge in [-0.2, -0.15) is 0 Å². The van der Waals surface area contributed by atoms with E-state index in [1.54, 1.807) is 18.2 Å². The van der Waals surface area contributed by atoms with Crippen LogP contribution in [0.3, 0.4) is 0 Å². The number of carboxylic acids is 1. The number of benzene rings is 1. The largest absolute Gasteiger partial charge is 0.493 e. The van der Waals surface area contributed by atoms with Crippen LogP contribution in [0.4, 0.5) is 0 Å². The predicted molar refractivity (Wildman–Crippen MR) is 69.3 cm³/mol.